The van der Waals surface area contributed by atoms with Crippen molar-refractivity contribution < 1.29 is 22.4 Å². The van der Waals surface area contributed by atoms with E-state index in [9.17, 15) is 22.4 Å². The predicted octanol–water partition coefficient (Wildman–Crippen LogP) is 4.52. The molecule has 0 aromatic heterocycles. The van der Waals surface area contributed by atoms with E-state index >= 15 is 0 Å². The molecule has 0 atom stereocenters. The molecule has 0 aliphatic rings. The maximum atomic E-state index is 13.3. The summed E-state index contributed by atoms with van der Waals surface area (Å²) in [5.74, 6) is -1.71. The first-order valence-corrected chi connectivity index (χ1v) is 5.87. The topological polar surface area (TPSA) is 29.1 Å². The minimum absolute atomic E-state index is 0.141. The maximum Gasteiger partial charge on any atom is 0.389 e. The van der Waals surface area contributed by atoms with Crippen LogP contribution < -0.4 is 5.32 Å². The van der Waals surface area contributed by atoms with E-state index in [2.05, 4.69) is 15.9 Å². The Morgan fingerprint density at radius 2 is 2.00 bits per heavy atom. The Labute approximate surface area is 113 Å². The molecule has 0 saturated carbocycles. The van der Waals surface area contributed by atoms with Crippen molar-refractivity contribution in [2.45, 2.75) is 19.0 Å². The number of hydrogen-bond acceptors (Lipinski definition) is 1. The fourth-order valence-corrected chi connectivity index (χ4v) is 1.57. The van der Waals surface area contributed by atoms with Crippen LogP contribution in [0.2, 0.25) is 5.02 Å². The van der Waals surface area contributed by atoms with Crippen molar-refractivity contribution in [1.82, 2.24) is 0 Å². The lowest BCUT2D eigenvalue weighted by Crippen LogP contribution is -2.17. The molecule has 0 aliphatic heterocycles. The summed E-state index contributed by atoms with van der Waals surface area (Å²) >= 11 is 8.64. The van der Waals surface area contributed by atoms with E-state index in [0.29, 0.717) is 0 Å². The molecule has 1 rings (SSSR count). The van der Waals surface area contributed by atoms with Gasteiger partial charge in [0.1, 0.15) is 5.82 Å². The summed E-state index contributed by atoms with van der Waals surface area (Å²) < 4.78 is 49.2. The average Bonchev–Trinajstić information content (AvgIpc) is 2.22. The number of alkyl halides is 3. The van der Waals surface area contributed by atoms with Crippen molar-refractivity contribution in [1.29, 1.82) is 0 Å². The van der Waals surface area contributed by atoms with Crippen molar-refractivity contribution >= 4 is 39.1 Å². The molecule has 0 aliphatic carbocycles. The van der Waals surface area contributed by atoms with Crippen LogP contribution in [-0.4, -0.2) is 12.1 Å². The summed E-state index contributed by atoms with van der Waals surface area (Å²) in [5, 5.41) is 2.17. The first kappa shape index (κ1) is 15.2. The van der Waals surface area contributed by atoms with Crippen LogP contribution in [0.1, 0.15) is 12.8 Å². The van der Waals surface area contributed by atoms with Crippen LogP contribution in [-0.2, 0) is 4.79 Å². The van der Waals surface area contributed by atoms with Crippen molar-refractivity contribution in [3.05, 3.63) is 27.4 Å². The first-order chi connectivity index (χ1) is 8.19. The number of rotatable bonds is 3. The zero-order valence-corrected chi connectivity index (χ0v) is 11.1. The summed E-state index contributed by atoms with van der Waals surface area (Å²) in [6.45, 7) is 0. The molecule has 0 unspecified atom stereocenters. The highest BCUT2D eigenvalue weighted by Crippen LogP contribution is 2.29. The summed E-state index contributed by atoms with van der Waals surface area (Å²) in [6, 6.07) is 2.13. The third kappa shape index (κ3) is 4.81. The van der Waals surface area contributed by atoms with E-state index in [1.165, 1.54) is 0 Å². The number of carbonyl (C=O) groups excluding carboxylic acids is 1. The SMILES string of the molecule is O=C(CCC(F)(F)F)Nc1cc(Cl)c(Br)cc1F. The van der Waals surface area contributed by atoms with E-state index in [4.69, 9.17) is 11.6 Å². The van der Waals surface area contributed by atoms with Crippen LogP contribution in [0, 0.1) is 5.82 Å². The standard InChI is InChI=1S/C10H7BrClF4NO/c11-5-3-7(13)8(4-6(5)12)17-9(18)1-2-10(14,15)16/h3-4H,1-2H2,(H,17,18). The zero-order chi connectivity index (χ0) is 13.9. The normalized spacial score (nSPS) is 11.4. The molecular weight excluding hydrogens is 341 g/mol. The molecule has 0 bridgehead atoms. The van der Waals surface area contributed by atoms with Gasteiger partial charge in [-0.1, -0.05) is 11.6 Å². The number of anilines is 1. The molecular formula is C10H7BrClF4NO. The number of benzene rings is 1. The van der Waals surface area contributed by atoms with Crippen molar-refractivity contribution in [3.8, 4) is 0 Å². The highest BCUT2D eigenvalue weighted by atomic mass is 79.9. The van der Waals surface area contributed by atoms with E-state index in [-0.39, 0.29) is 15.2 Å². The number of hydrogen-bond donors (Lipinski definition) is 1. The number of halogens is 6. The second-order valence-electron chi connectivity index (χ2n) is 3.41. The lowest BCUT2D eigenvalue weighted by Gasteiger charge is -2.09. The molecule has 0 heterocycles. The molecule has 0 saturated heterocycles. The third-order valence-corrected chi connectivity index (χ3v) is 3.12. The van der Waals surface area contributed by atoms with Crippen LogP contribution in [0.3, 0.4) is 0 Å². The summed E-state index contributed by atoms with van der Waals surface area (Å²) in [4.78, 5) is 11.2. The van der Waals surface area contributed by atoms with Gasteiger partial charge in [0.05, 0.1) is 17.1 Å². The van der Waals surface area contributed by atoms with Gasteiger partial charge in [-0.3, -0.25) is 4.79 Å². The number of nitrogens with one attached hydrogen (secondary N) is 1. The molecule has 0 spiro atoms. The lowest BCUT2D eigenvalue weighted by atomic mass is 10.2. The molecule has 0 fully saturated rings. The van der Waals surface area contributed by atoms with Gasteiger partial charge >= 0.3 is 6.18 Å². The molecule has 8 heteroatoms. The van der Waals surface area contributed by atoms with Gasteiger partial charge in [-0.15, -0.1) is 0 Å². The molecule has 2 nitrogen and oxygen atoms in total. The van der Waals surface area contributed by atoms with Gasteiger partial charge in [-0.2, -0.15) is 13.2 Å². The Morgan fingerprint density at radius 1 is 1.39 bits per heavy atom. The maximum absolute atomic E-state index is 13.3. The van der Waals surface area contributed by atoms with Crippen LogP contribution in [0.5, 0.6) is 0 Å². The van der Waals surface area contributed by atoms with Gasteiger partial charge in [0.2, 0.25) is 5.91 Å². The molecule has 18 heavy (non-hydrogen) atoms. The largest absolute Gasteiger partial charge is 0.389 e. The molecule has 0 radical (unpaired) electrons. The predicted molar refractivity (Wildman–Crippen MR) is 63.0 cm³/mol. The van der Waals surface area contributed by atoms with Gasteiger partial charge in [0.15, 0.2) is 0 Å². The summed E-state index contributed by atoms with van der Waals surface area (Å²) in [6.07, 6.45) is -6.45. The van der Waals surface area contributed by atoms with E-state index in [1.807, 2.05) is 5.32 Å². The Kier molecular flexibility index (Phi) is 4.98. The second kappa shape index (κ2) is 5.88. The summed E-state index contributed by atoms with van der Waals surface area (Å²) in [7, 11) is 0. The zero-order valence-electron chi connectivity index (χ0n) is 8.74. The minimum Gasteiger partial charge on any atom is -0.324 e. The van der Waals surface area contributed by atoms with Gasteiger partial charge in [-0.05, 0) is 28.1 Å². The highest BCUT2D eigenvalue weighted by molar-refractivity contribution is 9.10. The second-order valence-corrected chi connectivity index (χ2v) is 4.67. The Balaban J connectivity index is 2.68. The minimum atomic E-state index is -4.42. The van der Waals surface area contributed by atoms with Crippen molar-refractivity contribution in [2.24, 2.45) is 0 Å². The number of amides is 1. The Hall–Kier alpha value is -0.820. The van der Waals surface area contributed by atoms with Gasteiger partial charge in [0, 0.05) is 10.9 Å². The molecule has 1 N–H and O–H groups in total. The van der Waals surface area contributed by atoms with Crippen LogP contribution in [0.15, 0.2) is 16.6 Å². The fourth-order valence-electron chi connectivity index (χ4n) is 1.09. The highest BCUT2D eigenvalue weighted by Gasteiger charge is 2.28. The average molecular weight is 349 g/mol. The Bertz CT molecular complexity index is 464. The molecule has 1 amide bonds. The van der Waals surface area contributed by atoms with E-state index < -0.39 is 30.7 Å². The molecule has 1 aromatic carbocycles. The van der Waals surface area contributed by atoms with Crippen LogP contribution >= 0.6 is 27.5 Å². The van der Waals surface area contributed by atoms with Gasteiger partial charge in [0.25, 0.3) is 0 Å². The van der Waals surface area contributed by atoms with Crippen LogP contribution in [0.25, 0.3) is 0 Å². The van der Waals surface area contributed by atoms with E-state index in [0.717, 1.165) is 12.1 Å². The molecule has 1 aromatic rings. The molecule has 100 valence electrons. The number of carbonyl (C=O) groups is 1. The smallest absolute Gasteiger partial charge is 0.324 e. The van der Waals surface area contributed by atoms with Gasteiger partial charge < -0.3 is 5.32 Å². The van der Waals surface area contributed by atoms with E-state index in [1.54, 1.807) is 0 Å². The lowest BCUT2D eigenvalue weighted by molar-refractivity contribution is -0.142. The quantitative estimate of drug-likeness (QED) is 0.631. The van der Waals surface area contributed by atoms with Gasteiger partial charge in [-0.25, -0.2) is 4.39 Å². The third-order valence-electron chi connectivity index (χ3n) is 1.92. The Morgan fingerprint density at radius 3 is 2.56 bits per heavy atom. The first-order valence-electron chi connectivity index (χ1n) is 4.70. The fraction of sp³-hybridized carbons (Fsp3) is 0.300. The van der Waals surface area contributed by atoms with Crippen molar-refractivity contribution in [3.63, 3.8) is 0 Å². The van der Waals surface area contributed by atoms with Crippen molar-refractivity contribution in [2.75, 3.05) is 5.32 Å². The summed E-state index contributed by atoms with van der Waals surface area (Å²) in [5.41, 5.74) is -0.254. The van der Waals surface area contributed by atoms with Crippen LogP contribution in [0.4, 0.5) is 23.2 Å². The monoisotopic (exact) mass is 347 g/mol.